The average Bonchev–Trinajstić information content (AvgIpc) is 2.78. The van der Waals surface area contributed by atoms with Crippen molar-refractivity contribution in [3.8, 4) is 0 Å². The van der Waals surface area contributed by atoms with Gasteiger partial charge in [-0.15, -0.1) is 0 Å². The second kappa shape index (κ2) is 6.52. The zero-order valence-corrected chi connectivity index (χ0v) is 15.2. The number of hydrogen-bond donors (Lipinski definition) is 2. The van der Waals surface area contributed by atoms with Crippen LogP contribution in [-0.2, 0) is 17.9 Å². The van der Waals surface area contributed by atoms with Crippen molar-refractivity contribution in [3.05, 3.63) is 28.0 Å². The average molecular weight is 371 g/mol. The van der Waals surface area contributed by atoms with E-state index in [4.69, 9.17) is 23.2 Å². The number of piperazine rings is 1. The van der Waals surface area contributed by atoms with E-state index >= 15 is 0 Å². The number of halogens is 2. The Morgan fingerprint density at radius 3 is 2.79 bits per heavy atom. The number of nitrogens with zero attached hydrogens (tertiary/aromatic N) is 3. The molecule has 6 nitrogen and oxygen atoms in total. The van der Waals surface area contributed by atoms with Crippen molar-refractivity contribution >= 4 is 40.1 Å². The van der Waals surface area contributed by atoms with Crippen molar-refractivity contribution in [2.75, 3.05) is 19.6 Å². The summed E-state index contributed by atoms with van der Waals surface area (Å²) in [6.45, 7) is 5.87. The molecule has 3 rings (SSSR count). The highest BCUT2D eigenvalue weighted by Gasteiger charge is 2.24. The Morgan fingerprint density at radius 1 is 1.38 bits per heavy atom. The number of amides is 1. The topological polar surface area (TPSA) is 70.4 Å². The van der Waals surface area contributed by atoms with Crippen molar-refractivity contribution < 1.29 is 9.90 Å². The first-order chi connectivity index (χ1) is 11.2. The zero-order chi connectivity index (χ0) is 17.5. The SMILES string of the molecule is CC(C)(O)Cn1c(CN2CCNCC2=O)nc2c(Cl)cc(Cl)cc21. The van der Waals surface area contributed by atoms with E-state index in [0.717, 1.165) is 12.1 Å². The highest BCUT2D eigenvalue weighted by molar-refractivity contribution is 6.38. The molecule has 0 bridgehead atoms. The number of carbonyl (C=O) groups is 1. The van der Waals surface area contributed by atoms with Crippen LogP contribution in [0, 0.1) is 0 Å². The van der Waals surface area contributed by atoms with Crippen LogP contribution in [0.2, 0.25) is 10.0 Å². The summed E-state index contributed by atoms with van der Waals surface area (Å²) in [5.41, 5.74) is 0.445. The van der Waals surface area contributed by atoms with Gasteiger partial charge in [-0.1, -0.05) is 23.2 Å². The summed E-state index contributed by atoms with van der Waals surface area (Å²) < 4.78 is 1.89. The van der Waals surface area contributed by atoms with Gasteiger partial charge in [-0.3, -0.25) is 4.79 Å². The van der Waals surface area contributed by atoms with Crippen molar-refractivity contribution in [2.45, 2.75) is 32.5 Å². The predicted molar refractivity (Wildman–Crippen MR) is 94.3 cm³/mol. The van der Waals surface area contributed by atoms with Crippen LogP contribution >= 0.6 is 23.2 Å². The summed E-state index contributed by atoms with van der Waals surface area (Å²) in [5, 5.41) is 14.3. The van der Waals surface area contributed by atoms with Crippen LogP contribution in [0.25, 0.3) is 11.0 Å². The summed E-state index contributed by atoms with van der Waals surface area (Å²) in [4.78, 5) is 18.4. The highest BCUT2D eigenvalue weighted by Crippen LogP contribution is 2.30. The molecular weight excluding hydrogens is 351 g/mol. The van der Waals surface area contributed by atoms with Crippen LogP contribution in [0.1, 0.15) is 19.7 Å². The number of carbonyl (C=O) groups excluding carboxylic acids is 1. The monoisotopic (exact) mass is 370 g/mol. The Balaban J connectivity index is 2.06. The smallest absolute Gasteiger partial charge is 0.236 e. The standard InChI is InChI=1S/C16H20Cl2N4O2/c1-16(2,24)9-22-12-6-10(17)5-11(18)15(12)20-13(22)8-21-4-3-19-7-14(21)23/h5-6,19,24H,3-4,7-9H2,1-2H3. The number of nitrogens with one attached hydrogen (secondary N) is 1. The fraction of sp³-hybridized carbons (Fsp3) is 0.500. The van der Waals surface area contributed by atoms with E-state index in [2.05, 4.69) is 10.3 Å². The number of imidazole rings is 1. The quantitative estimate of drug-likeness (QED) is 0.863. The van der Waals surface area contributed by atoms with Gasteiger partial charge in [0.1, 0.15) is 11.3 Å². The molecule has 1 fully saturated rings. The van der Waals surface area contributed by atoms with Gasteiger partial charge in [0.05, 0.1) is 35.8 Å². The van der Waals surface area contributed by atoms with E-state index in [-0.39, 0.29) is 5.91 Å². The van der Waals surface area contributed by atoms with Gasteiger partial charge in [0.25, 0.3) is 0 Å². The van der Waals surface area contributed by atoms with Gasteiger partial charge in [0, 0.05) is 18.1 Å². The maximum atomic E-state index is 12.1. The summed E-state index contributed by atoms with van der Waals surface area (Å²) >= 11 is 12.4. The van der Waals surface area contributed by atoms with Crippen LogP contribution < -0.4 is 5.32 Å². The third-order valence-electron chi connectivity index (χ3n) is 3.92. The fourth-order valence-corrected chi connectivity index (χ4v) is 3.39. The van der Waals surface area contributed by atoms with Crippen LogP contribution in [0.3, 0.4) is 0 Å². The van der Waals surface area contributed by atoms with Crippen LogP contribution in [0.4, 0.5) is 0 Å². The Kier molecular flexibility index (Phi) is 4.75. The molecule has 1 aromatic heterocycles. The lowest BCUT2D eigenvalue weighted by Crippen LogP contribution is -2.47. The molecule has 0 radical (unpaired) electrons. The molecule has 2 heterocycles. The lowest BCUT2D eigenvalue weighted by atomic mass is 10.1. The van der Waals surface area contributed by atoms with Gasteiger partial charge in [0.2, 0.25) is 5.91 Å². The maximum absolute atomic E-state index is 12.1. The van der Waals surface area contributed by atoms with E-state index in [1.54, 1.807) is 30.9 Å². The molecule has 0 unspecified atom stereocenters. The summed E-state index contributed by atoms with van der Waals surface area (Å²) in [6.07, 6.45) is 0. The van der Waals surface area contributed by atoms with Crippen LogP contribution in [0.15, 0.2) is 12.1 Å². The molecule has 0 spiro atoms. The largest absolute Gasteiger partial charge is 0.389 e. The molecule has 0 aliphatic carbocycles. The summed E-state index contributed by atoms with van der Waals surface area (Å²) in [5.74, 6) is 0.721. The lowest BCUT2D eigenvalue weighted by molar-refractivity contribution is -0.132. The van der Waals surface area contributed by atoms with E-state index in [1.807, 2.05) is 4.57 Å². The summed E-state index contributed by atoms with van der Waals surface area (Å²) in [6, 6.07) is 3.43. The first-order valence-corrected chi connectivity index (χ1v) is 8.55. The Bertz CT molecular complexity index is 782. The van der Waals surface area contributed by atoms with E-state index in [1.165, 1.54) is 0 Å². The van der Waals surface area contributed by atoms with Crippen molar-refractivity contribution in [1.82, 2.24) is 19.8 Å². The first kappa shape index (κ1) is 17.5. The maximum Gasteiger partial charge on any atom is 0.236 e. The van der Waals surface area contributed by atoms with Crippen LogP contribution in [0.5, 0.6) is 0 Å². The highest BCUT2D eigenvalue weighted by atomic mass is 35.5. The fourth-order valence-electron chi connectivity index (χ4n) is 2.87. The van der Waals surface area contributed by atoms with Gasteiger partial charge >= 0.3 is 0 Å². The minimum Gasteiger partial charge on any atom is -0.389 e. The lowest BCUT2D eigenvalue weighted by Gasteiger charge is -2.28. The Morgan fingerprint density at radius 2 is 2.12 bits per heavy atom. The second-order valence-corrected chi connectivity index (χ2v) is 7.52. The van der Waals surface area contributed by atoms with E-state index < -0.39 is 5.60 Å². The number of rotatable bonds is 4. The zero-order valence-electron chi connectivity index (χ0n) is 13.6. The molecule has 1 amide bonds. The van der Waals surface area contributed by atoms with Crippen molar-refractivity contribution in [2.24, 2.45) is 0 Å². The molecule has 1 saturated heterocycles. The molecule has 0 atom stereocenters. The van der Waals surface area contributed by atoms with Gasteiger partial charge in [0.15, 0.2) is 0 Å². The number of aliphatic hydroxyl groups is 1. The number of aromatic nitrogens is 2. The molecule has 130 valence electrons. The molecule has 2 N–H and O–H groups in total. The molecule has 8 heteroatoms. The Hall–Kier alpha value is -1.34. The van der Waals surface area contributed by atoms with Crippen molar-refractivity contribution in [3.63, 3.8) is 0 Å². The number of fused-ring (bicyclic) bond motifs is 1. The predicted octanol–water partition coefficient (Wildman–Crippen LogP) is 2.05. The van der Waals surface area contributed by atoms with Gasteiger partial charge in [-0.2, -0.15) is 0 Å². The van der Waals surface area contributed by atoms with E-state index in [0.29, 0.717) is 47.6 Å². The van der Waals surface area contributed by atoms with Gasteiger partial charge in [-0.25, -0.2) is 4.98 Å². The van der Waals surface area contributed by atoms with E-state index in [9.17, 15) is 9.90 Å². The number of benzene rings is 1. The third kappa shape index (κ3) is 3.67. The molecular formula is C16H20Cl2N4O2. The van der Waals surface area contributed by atoms with Crippen LogP contribution in [-0.4, -0.2) is 50.7 Å². The van der Waals surface area contributed by atoms with Gasteiger partial charge < -0.3 is 19.9 Å². The molecule has 2 aromatic rings. The number of hydrogen-bond acceptors (Lipinski definition) is 4. The normalized spacial score (nSPS) is 16.2. The third-order valence-corrected chi connectivity index (χ3v) is 4.42. The molecule has 1 aromatic carbocycles. The molecule has 0 saturated carbocycles. The van der Waals surface area contributed by atoms with Gasteiger partial charge in [-0.05, 0) is 26.0 Å². The second-order valence-electron chi connectivity index (χ2n) is 6.67. The first-order valence-electron chi connectivity index (χ1n) is 7.79. The minimum atomic E-state index is -0.940. The Labute approximate surface area is 150 Å². The molecule has 24 heavy (non-hydrogen) atoms. The molecule has 1 aliphatic rings. The summed E-state index contributed by atoms with van der Waals surface area (Å²) in [7, 11) is 0. The molecule has 1 aliphatic heterocycles. The van der Waals surface area contributed by atoms with Crippen molar-refractivity contribution in [1.29, 1.82) is 0 Å². The minimum absolute atomic E-state index is 0.0345.